The molecule has 0 saturated heterocycles. The molecular weight excluding hydrogens is 334 g/mol. The van der Waals surface area contributed by atoms with Crippen molar-refractivity contribution in [2.75, 3.05) is 12.4 Å². The summed E-state index contributed by atoms with van der Waals surface area (Å²) in [7, 11) is 1.76. The molecule has 6 heteroatoms. The Morgan fingerprint density at radius 2 is 1.81 bits per heavy atom. The largest absolute Gasteiger partial charge is 0.373 e. The van der Waals surface area contributed by atoms with Crippen molar-refractivity contribution in [2.24, 2.45) is 0 Å². The highest BCUT2D eigenvalue weighted by atomic mass is 19.1. The maximum absolute atomic E-state index is 14.1. The van der Waals surface area contributed by atoms with Gasteiger partial charge in [-0.25, -0.2) is 18.7 Å². The van der Waals surface area contributed by atoms with E-state index in [2.05, 4.69) is 20.3 Å². The first-order valence-electron chi connectivity index (χ1n) is 8.02. The zero-order valence-corrected chi connectivity index (χ0v) is 13.9. The number of hydrogen-bond donors (Lipinski definition) is 1. The highest BCUT2D eigenvalue weighted by molar-refractivity contribution is 5.93. The first-order chi connectivity index (χ1) is 12.7. The molecule has 0 aliphatic heterocycles. The number of fused-ring (bicyclic) bond motifs is 1. The van der Waals surface area contributed by atoms with Crippen LogP contribution in [0.4, 0.5) is 14.6 Å². The van der Waals surface area contributed by atoms with Crippen LogP contribution in [0, 0.1) is 11.6 Å². The summed E-state index contributed by atoms with van der Waals surface area (Å²) in [4.78, 5) is 13.4. The lowest BCUT2D eigenvalue weighted by molar-refractivity contribution is 0.585. The molecule has 128 valence electrons. The Bertz CT molecular complexity index is 1100. The monoisotopic (exact) mass is 348 g/mol. The standard InChI is InChI=1S/C20H14F2N4/c1-23-19-15-10-12(14-7-6-13(21)11-16(14)22)5-8-17(15)25-20(26-19)18-4-2-3-9-24-18/h2-11H,1H3,(H,23,25,26). The Morgan fingerprint density at radius 3 is 2.54 bits per heavy atom. The maximum atomic E-state index is 14.1. The molecule has 0 spiro atoms. The van der Waals surface area contributed by atoms with Crippen molar-refractivity contribution in [3.05, 3.63) is 72.4 Å². The minimum atomic E-state index is -0.610. The van der Waals surface area contributed by atoms with Gasteiger partial charge in [0.05, 0.1) is 5.52 Å². The Balaban J connectivity index is 1.88. The summed E-state index contributed by atoms with van der Waals surface area (Å²) in [5.74, 6) is -0.101. The number of hydrogen-bond acceptors (Lipinski definition) is 4. The second-order valence-corrected chi connectivity index (χ2v) is 5.72. The molecule has 4 nitrogen and oxygen atoms in total. The number of nitrogens with zero attached hydrogens (tertiary/aromatic N) is 3. The number of rotatable bonds is 3. The second-order valence-electron chi connectivity index (χ2n) is 5.72. The third-order valence-corrected chi connectivity index (χ3v) is 4.07. The lowest BCUT2D eigenvalue weighted by Gasteiger charge is -2.10. The molecule has 2 aromatic carbocycles. The van der Waals surface area contributed by atoms with Crippen LogP contribution in [0.2, 0.25) is 0 Å². The van der Waals surface area contributed by atoms with Gasteiger partial charge in [0.2, 0.25) is 0 Å². The number of halogens is 2. The van der Waals surface area contributed by atoms with Crippen molar-refractivity contribution < 1.29 is 8.78 Å². The first-order valence-corrected chi connectivity index (χ1v) is 8.02. The van der Waals surface area contributed by atoms with Gasteiger partial charge in [0.15, 0.2) is 5.82 Å². The van der Waals surface area contributed by atoms with Crippen molar-refractivity contribution >= 4 is 16.7 Å². The lowest BCUT2D eigenvalue weighted by Crippen LogP contribution is -2.00. The van der Waals surface area contributed by atoms with Crippen molar-refractivity contribution in [2.45, 2.75) is 0 Å². The van der Waals surface area contributed by atoms with Crippen molar-refractivity contribution in [1.29, 1.82) is 0 Å². The molecule has 1 N–H and O–H groups in total. The van der Waals surface area contributed by atoms with E-state index in [4.69, 9.17) is 0 Å². The summed E-state index contributed by atoms with van der Waals surface area (Å²) < 4.78 is 27.3. The Morgan fingerprint density at radius 1 is 0.923 bits per heavy atom. The molecule has 0 bridgehead atoms. The van der Waals surface area contributed by atoms with E-state index in [0.717, 1.165) is 11.5 Å². The summed E-state index contributed by atoms with van der Waals surface area (Å²) in [6, 6.07) is 14.4. The van der Waals surface area contributed by atoms with E-state index >= 15 is 0 Å². The SMILES string of the molecule is CNc1nc(-c2ccccn2)nc2ccc(-c3ccc(F)cc3F)cc12. The van der Waals surface area contributed by atoms with Gasteiger partial charge in [-0.15, -0.1) is 0 Å². The highest BCUT2D eigenvalue weighted by Gasteiger charge is 2.12. The summed E-state index contributed by atoms with van der Waals surface area (Å²) in [6.45, 7) is 0. The molecule has 4 aromatic rings. The smallest absolute Gasteiger partial charge is 0.180 e. The van der Waals surface area contributed by atoms with Crippen LogP contribution in [0.1, 0.15) is 0 Å². The summed E-state index contributed by atoms with van der Waals surface area (Å²) in [5.41, 5.74) is 2.32. The molecule has 0 radical (unpaired) electrons. The molecule has 0 unspecified atom stereocenters. The molecule has 0 atom stereocenters. The van der Waals surface area contributed by atoms with Crippen LogP contribution in [0.5, 0.6) is 0 Å². The van der Waals surface area contributed by atoms with Crippen LogP contribution in [0.25, 0.3) is 33.5 Å². The van der Waals surface area contributed by atoms with Crippen LogP contribution in [-0.4, -0.2) is 22.0 Å². The van der Waals surface area contributed by atoms with Gasteiger partial charge in [0.25, 0.3) is 0 Å². The van der Waals surface area contributed by atoms with Crippen LogP contribution < -0.4 is 5.32 Å². The van der Waals surface area contributed by atoms with Crippen LogP contribution in [-0.2, 0) is 0 Å². The van der Waals surface area contributed by atoms with Crippen molar-refractivity contribution in [1.82, 2.24) is 15.0 Å². The Hall–Kier alpha value is -3.41. The number of nitrogens with one attached hydrogen (secondary N) is 1. The first kappa shape index (κ1) is 16.1. The average Bonchev–Trinajstić information content (AvgIpc) is 2.67. The molecule has 26 heavy (non-hydrogen) atoms. The van der Waals surface area contributed by atoms with Gasteiger partial charge in [-0.05, 0) is 42.0 Å². The van der Waals surface area contributed by atoms with Gasteiger partial charge >= 0.3 is 0 Å². The van der Waals surface area contributed by atoms with E-state index in [1.807, 2.05) is 18.2 Å². The molecule has 0 saturated carbocycles. The minimum absolute atomic E-state index is 0.323. The molecule has 2 heterocycles. The third kappa shape index (κ3) is 2.86. The van der Waals surface area contributed by atoms with Gasteiger partial charge in [-0.2, -0.15) is 0 Å². The fraction of sp³-hybridized carbons (Fsp3) is 0.0500. The predicted molar refractivity (Wildman–Crippen MR) is 97.7 cm³/mol. The molecule has 0 aliphatic carbocycles. The fourth-order valence-electron chi connectivity index (χ4n) is 2.82. The van der Waals surface area contributed by atoms with Crippen molar-refractivity contribution in [3.8, 4) is 22.6 Å². The van der Waals surface area contributed by atoms with E-state index < -0.39 is 11.6 Å². The van der Waals surface area contributed by atoms with E-state index in [1.165, 1.54) is 12.1 Å². The predicted octanol–water partition coefficient (Wildman–Crippen LogP) is 4.68. The summed E-state index contributed by atoms with van der Waals surface area (Å²) in [5, 5.41) is 3.79. The summed E-state index contributed by atoms with van der Waals surface area (Å²) >= 11 is 0. The average molecular weight is 348 g/mol. The Kier molecular flexibility index (Phi) is 4.01. The third-order valence-electron chi connectivity index (χ3n) is 4.07. The van der Waals surface area contributed by atoms with Crippen molar-refractivity contribution in [3.63, 3.8) is 0 Å². The minimum Gasteiger partial charge on any atom is -0.373 e. The van der Waals surface area contributed by atoms with Gasteiger partial charge < -0.3 is 5.32 Å². The molecule has 0 amide bonds. The van der Waals surface area contributed by atoms with E-state index in [0.29, 0.717) is 34.0 Å². The summed E-state index contributed by atoms with van der Waals surface area (Å²) in [6.07, 6.45) is 1.68. The fourth-order valence-corrected chi connectivity index (χ4v) is 2.82. The molecule has 0 aliphatic rings. The maximum Gasteiger partial charge on any atom is 0.180 e. The molecular formula is C20H14F2N4. The molecule has 4 rings (SSSR count). The van der Waals surface area contributed by atoms with Crippen LogP contribution >= 0.6 is 0 Å². The van der Waals surface area contributed by atoms with Gasteiger partial charge in [-0.3, -0.25) is 4.98 Å². The molecule has 0 fully saturated rings. The number of pyridine rings is 1. The second kappa shape index (κ2) is 6.48. The Labute approximate surface area is 148 Å². The van der Waals surface area contributed by atoms with Crippen LogP contribution in [0.3, 0.4) is 0 Å². The molecule has 2 aromatic heterocycles. The van der Waals surface area contributed by atoms with Crippen LogP contribution in [0.15, 0.2) is 60.8 Å². The normalized spacial score (nSPS) is 10.9. The zero-order valence-electron chi connectivity index (χ0n) is 13.9. The number of anilines is 1. The zero-order chi connectivity index (χ0) is 18.1. The number of benzene rings is 2. The lowest BCUT2D eigenvalue weighted by atomic mass is 10.0. The highest BCUT2D eigenvalue weighted by Crippen LogP contribution is 2.30. The van der Waals surface area contributed by atoms with Gasteiger partial charge in [0.1, 0.15) is 23.1 Å². The topological polar surface area (TPSA) is 50.7 Å². The van der Waals surface area contributed by atoms with Gasteiger partial charge in [-0.1, -0.05) is 12.1 Å². The van der Waals surface area contributed by atoms with E-state index in [1.54, 1.807) is 31.4 Å². The quantitative estimate of drug-likeness (QED) is 0.584. The van der Waals surface area contributed by atoms with E-state index in [-0.39, 0.29) is 0 Å². The van der Waals surface area contributed by atoms with E-state index in [9.17, 15) is 8.78 Å². The number of aromatic nitrogens is 3. The van der Waals surface area contributed by atoms with Gasteiger partial charge in [0, 0.05) is 30.3 Å².